The zero-order valence-electron chi connectivity index (χ0n) is 19.5. The molecule has 1 saturated heterocycles. The second-order valence-corrected chi connectivity index (χ2v) is 10.2. The van der Waals surface area contributed by atoms with Crippen molar-refractivity contribution in [1.82, 2.24) is 18.8 Å². The van der Waals surface area contributed by atoms with Gasteiger partial charge < -0.3 is 14.4 Å². The van der Waals surface area contributed by atoms with E-state index in [2.05, 4.69) is 9.88 Å². The first kappa shape index (κ1) is 24.2. The molecule has 3 aromatic rings. The quantitative estimate of drug-likeness (QED) is 0.488. The van der Waals surface area contributed by atoms with Gasteiger partial charge in [0, 0.05) is 57.9 Å². The van der Waals surface area contributed by atoms with Crippen molar-refractivity contribution >= 4 is 32.7 Å². The molecule has 1 aromatic heterocycles. The SMILES string of the molecule is CCN(CC)S(=O)(=O)c1ccc2c(c1)ncn2CCC(=O)N1CCN(c2ccc(F)cc2)CC1. The van der Waals surface area contributed by atoms with Crippen molar-refractivity contribution in [3.05, 3.63) is 54.6 Å². The average molecular weight is 488 g/mol. The molecule has 1 aliphatic rings. The highest BCUT2D eigenvalue weighted by Crippen LogP contribution is 2.22. The van der Waals surface area contributed by atoms with Crippen molar-refractivity contribution in [3.8, 4) is 0 Å². The summed E-state index contributed by atoms with van der Waals surface area (Å²) < 4.78 is 42.0. The van der Waals surface area contributed by atoms with E-state index in [1.54, 1.807) is 36.7 Å². The second kappa shape index (κ2) is 10.1. The van der Waals surface area contributed by atoms with Gasteiger partial charge in [0.15, 0.2) is 0 Å². The third kappa shape index (κ3) is 4.92. The lowest BCUT2D eigenvalue weighted by Gasteiger charge is -2.36. The highest BCUT2D eigenvalue weighted by atomic mass is 32.2. The number of fused-ring (bicyclic) bond motifs is 1. The van der Waals surface area contributed by atoms with E-state index in [-0.39, 0.29) is 16.6 Å². The molecule has 1 amide bonds. The van der Waals surface area contributed by atoms with E-state index in [4.69, 9.17) is 0 Å². The largest absolute Gasteiger partial charge is 0.368 e. The maximum absolute atomic E-state index is 13.1. The Kier molecular flexibility index (Phi) is 7.18. The lowest BCUT2D eigenvalue weighted by Crippen LogP contribution is -2.48. The van der Waals surface area contributed by atoms with E-state index in [0.717, 1.165) is 11.2 Å². The first-order valence-corrected chi connectivity index (χ1v) is 13.0. The van der Waals surface area contributed by atoms with Gasteiger partial charge in [0.2, 0.25) is 15.9 Å². The number of benzene rings is 2. The van der Waals surface area contributed by atoms with Crippen LogP contribution in [0.4, 0.5) is 10.1 Å². The number of carbonyl (C=O) groups excluding carboxylic acids is 1. The highest BCUT2D eigenvalue weighted by Gasteiger charge is 2.23. The fourth-order valence-electron chi connectivity index (χ4n) is 4.34. The minimum atomic E-state index is -3.55. The molecule has 0 unspecified atom stereocenters. The van der Waals surface area contributed by atoms with Gasteiger partial charge >= 0.3 is 0 Å². The van der Waals surface area contributed by atoms with Crippen molar-refractivity contribution < 1.29 is 17.6 Å². The number of imidazole rings is 1. The molecule has 182 valence electrons. The van der Waals surface area contributed by atoms with E-state index in [0.29, 0.717) is 57.8 Å². The number of aryl methyl sites for hydroxylation is 1. The molecule has 0 N–H and O–H groups in total. The van der Waals surface area contributed by atoms with Crippen LogP contribution in [0.2, 0.25) is 0 Å². The summed E-state index contributed by atoms with van der Waals surface area (Å²) >= 11 is 0. The molecule has 0 aliphatic carbocycles. The van der Waals surface area contributed by atoms with Crippen LogP contribution in [0, 0.1) is 5.82 Å². The minimum absolute atomic E-state index is 0.0707. The summed E-state index contributed by atoms with van der Waals surface area (Å²) in [4.78, 5) is 21.4. The van der Waals surface area contributed by atoms with E-state index in [1.165, 1.54) is 16.4 Å². The third-order valence-electron chi connectivity index (χ3n) is 6.33. The zero-order chi connectivity index (χ0) is 24.3. The van der Waals surface area contributed by atoms with Crippen molar-refractivity contribution in [1.29, 1.82) is 0 Å². The molecule has 8 nitrogen and oxygen atoms in total. The number of hydrogen-bond donors (Lipinski definition) is 0. The van der Waals surface area contributed by atoms with Crippen LogP contribution in [-0.4, -0.2) is 72.3 Å². The van der Waals surface area contributed by atoms with Crippen molar-refractivity contribution in [2.24, 2.45) is 0 Å². The molecular weight excluding hydrogens is 457 g/mol. The van der Waals surface area contributed by atoms with Gasteiger partial charge in [-0.15, -0.1) is 0 Å². The second-order valence-electron chi connectivity index (χ2n) is 8.27. The summed E-state index contributed by atoms with van der Waals surface area (Å²) in [6.07, 6.45) is 1.99. The molecule has 10 heteroatoms. The minimum Gasteiger partial charge on any atom is -0.368 e. The monoisotopic (exact) mass is 487 g/mol. The number of nitrogens with zero attached hydrogens (tertiary/aromatic N) is 5. The van der Waals surface area contributed by atoms with Gasteiger partial charge in [-0.2, -0.15) is 4.31 Å². The van der Waals surface area contributed by atoms with Gasteiger partial charge in [-0.25, -0.2) is 17.8 Å². The molecule has 34 heavy (non-hydrogen) atoms. The van der Waals surface area contributed by atoms with Crippen LogP contribution in [0.5, 0.6) is 0 Å². The van der Waals surface area contributed by atoms with Crippen LogP contribution in [0.25, 0.3) is 11.0 Å². The molecular formula is C24H30FN5O3S. The normalized spacial score (nSPS) is 14.8. The summed E-state index contributed by atoms with van der Waals surface area (Å²) in [6, 6.07) is 11.4. The van der Waals surface area contributed by atoms with E-state index < -0.39 is 10.0 Å². The first-order valence-electron chi connectivity index (χ1n) is 11.6. The van der Waals surface area contributed by atoms with Crippen molar-refractivity contribution in [2.45, 2.75) is 31.7 Å². The number of anilines is 1. The van der Waals surface area contributed by atoms with Crippen LogP contribution < -0.4 is 4.90 Å². The highest BCUT2D eigenvalue weighted by molar-refractivity contribution is 7.89. The topological polar surface area (TPSA) is 78.8 Å². The van der Waals surface area contributed by atoms with Gasteiger partial charge in [0.05, 0.1) is 22.3 Å². The summed E-state index contributed by atoms with van der Waals surface area (Å²) in [5.74, 6) is -0.187. The summed E-state index contributed by atoms with van der Waals surface area (Å²) in [5, 5.41) is 0. The molecule has 2 aromatic carbocycles. The third-order valence-corrected chi connectivity index (χ3v) is 8.37. The number of sulfonamides is 1. The fraction of sp³-hybridized carbons (Fsp3) is 0.417. The van der Waals surface area contributed by atoms with E-state index in [9.17, 15) is 17.6 Å². The Bertz CT molecular complexity index is 1250. The maximum Gasteiger partial charge on any atom is 0.243 e. The number of hydrogen-bond acceptors (Lipinski definition) is 5. The number of halogens is 1. The van der Waals surface area contributed by atoms with E-state index >= 15 is 0 Å². The fourth-order valence-corrected chi connectivity index (χ4v) is 5.81. The predicted molar refractivity (Wildman–Crippen MR) is 130 cm³/mol. The lowest BCUT2D eigenvalue weighted by atomic mass is 10.2. The molecule has 0 bridgehead atoms. The Balaban J connectivity index is 1.36. The van der Waals surface area contributed by atoms with Crippen LogP contribution in [-0.2, 0) is 21.4 Å². The van der Waals surface area contributed by atoms with Crippen molar-refractivity contribution in [3.63, 3.8) is 0 Å². The number of amides is 1. The van der Waals surface area contributed by atoms with Crippen LogP contribution >= 0.6 is 0 Å². The van der Waals surface area contributed by atoms with Gasteiger partial charge in [0.25, 0.3) is 0 Å². The Morgan fingerprint density at radius 3 is 2.35 bits per heavy atom. The molecule has 1 aliphatic heterocycles. The summed E-state index contributed by atoms with van der Waals surface area (Å²) in [7, 11) is -3.55. The molecule has 0 saturated carbocycles. The standard InChI is InChI=1S/C24H30FN5O3S/c1-3-30(4-2)34(32,33)21-9-10-23-22(17-21)26-18-29(23)12-11-24(31)28-15-13-27(14-16-28)20-7-5-19(25)6-8-20/h5-10,17-18H,3-4,11-16H2,1-2H3. The van der Waals surface area contributed by atoms with Crippen LogP contribution in [0.15, 0.2) is 53.7 Å². The number of aromatic nitrogens is 2. The zero-order valence-corrected chi connectivity index (χ0v) is 20.3. The Hall–Kier alpha value is -2.98. The van der Waals surface area contributed by atoms with Crippen LogP contribution in [0.1, 0.15) is 20.3 Å². The first-order chi connectivity index (χ1) is 16.3. The molecule has 0 radical (unpaired) electrons. The summed E-state index contributed by atoms with van der Waals surface area (Å²) in [5.41, 5.74) is 2.35. The van der Waals surface area contributed by atoms with E-state index in [1.807, 2.05) is 23.3 Å². The molecule has 1 fully saturated rings. The molecule has 4 rings (SSSR count). The Morgan fingerprint density at radius 2 is 1.71 bits per heavy atom. The maximum atomic E-state index is 13.1. The lowest BCUT2D eigenvalue weighted by molar-refractivity contribution is -0.131. The molecule has 0 atom stereocenters. The molecule has 0 spiro atoms. The smallest absolute Gasteiger partial charge is 0.243 e. The van der Waals surface area contributed by atoms with Gasteiger partial charge in [-0.1, -0.05) is 13.8 Å². The number of rotatable bonds is 8. The molecule has 2 heterocycles. The van der Waals surface area contributed by atoms with Gasteiger partial charge in [0.1, 0.15) is 5.82 Å². The Labute approximate surface area is 199 Å². The summed E-state index contributed by atoms with van der Waals surface area (Å²) in [6.45, 7) is 7.56. The predicted octanol–water partition coefficient (Wildman–Crippen LogP) is 2.94. The van der Waals surface area contributed by atoms with Crippen LogP contribution in [0.3, 0.4) is 0 Å². The number of carbonyl (C=O) groups is 1. The Morgan fingerprint density at radius 1 is 1.03 bits per heavy atom. The van der Waals surface area contributed by atoms with Gasteiger partial charge in [-0.05, 0) is 42.5 Å². The van der Waals surface area contributed by atoms with Crippen molar-refractivity contribution in [2.75, 3.05) is 44.2 Å². The number of piperazine rings is 1. The van der Waals surface area contributed by atoms with Gasteiger partial charge in [-0.3, -0.25) is 4.79 Å². The average Bonchev–Trinajstić information content (AvgIpc) is 3.26.